The van der Waals surface area contributed by atoms with E-state index in [4.69, 9.17) is 0 Å². The maximum atomic E-state index is 3.99. The molecule has 2 N–H and O–H groups in total. The highest BCUT2D eigenvalue weighted by Gasteiger charge is 2.35. The number of hydrogen-bond donors (Lipinski definition) is 2. The lowest BCUT2D eigenvalue weighted by molar-refractivity contribution is 0.139. The van der Waals surface area contributed by atoms with Crippen molar-refractivity contribution in [1.82, 2.24) is 20.4 Å². The summed E-state index contributed by atoms with van der Waals surface area (Å²) in [5.41, 5.74) is 2.84. The van der Waals surface area contributed by atoms with E-state index in [1.54, 1.807) is 0 Å². The van der Waals surface area contributed by atoms with Gasteiger partial charge in [0.25, 0.3) is 0 Å². The van der Waals surface area contributed by atoms with Crippen molar-refractivity contribution < 1.29 is 0 Å². The second-order valence-electron chi connectivity index (χ2n) is 10.1. The second kappa shape index (κ2) is 11.6. The molecule has 1 aliphatic rings. The average Bonchev–Trinajstić information content (AvgIpc) is 2.67. The first-order chi connectivity index (χ1) is 14.2. The van der Waals surface area contributed by atoms with E-state index in [1.165, 1.54) is 24.0 Å². The summed E-state index contributed by atoms with van der Waals surface area (Å²) < 4.78 is 0. The quantitative estimate of drug-likeness (QED) is 0.488. The van der Waals surface area contributed by atoms with E-state index in [1.807, 2.05) is 0 Å². The van der Waals surface area contributed by atoms with Gasteiger partial charge in [-0.15, -0.1) is 0 Å². The molecule has 0 fully saturated rings. The molecule has 30 heavy (non-hydrogen) atoms. The monoisotopic (exact) mass is 416 g/mol. The second-order valence-corrected chi connectivity index (χ2v) is 10.1. The molecule has 1 aliphatic carbocycles. The van der Waals surface area contributed by atoms with E-state index >= 15 is 0 Å². The van der Waals surface area contributed by atoms with E-state index in [0.717, 1.165) is 32.6 Å². The van der Waals surface area contributed by atoms with Gasteiger partial charge < -0.3 is 0 Å². The molecule has 0 aromatic heterocycles. The van der Waals surface area contributed by atoms with E-state index in [0.29, 0.717) is 24.2 Å². The lowest BCUT2D eigenvalue weighted by atomic mass is 9.82. The molecule has 172 valence electrons. The van der Waals surface area contributed by atoms with Crippen LogP contribution in [0.2, 0.25) is 0 Å². The van der Waals surface area contributed by atoms with E-state index in [9.17, 15) is 0 Å². The maximum Gasteiger partial charge on any atom is 0.0953 e. The molecular weight excluding hydrogens is 368 g/mol. The highest BCUT2D eigenvalue weighted by Crippen LogP contribution is 2.33. The van der Waals surface area contributed by atoms with E-state index < -0.39 is 0 Å². The number of nitrogens with zero attached hydrogens (tertiary/aromatic N) is 2. The molecule has 0 aliphatic heterocycles. The van der Waals surface area contributed by atoms with Crippen LogP contribution in [0.1, 0.15) is 79.4 Å². The van der Waals surface area contributed by atoms with Crippen molar-refractivity contribution in [3.63, 3.8) is 0 Å². The molecule has 0 unspecified atom stereocenters. The van der Waals surface area contributed by atoms with Gasteiger partial charge in [-0.05, 0) is 85.8 Å². The Kier molecular flexibility index (Phi) is 9.80. The zero-order valence-electron chi connectivity index (χ0n) is 21.0. The maximum absolute atomic E-state index is 3.99. The molecule has 0 spiro atoms. The van der Waals surface area contributed by atoms with Gasteiger partial charge in [-0.2, -0.15) is 0 Å². The first-order valence-electron chi connectivity index (χ1n) is 12.3. The summed E-state index contributed by atoms with van der Waals surface area (Å²) in [6.07, 6.45) is 3.57. The van der Waals surface area contributed by atoms with Gasteiger partial charge in [0.2, 0.25) is 0 Å². The fourth-order valence-corrected chi connectivity index (χ4v) is 5.29. The van der Waals surface area contributed by atoms with Crippen LogP contribution < -0.4 is 10.6 Å². The smallest absolute Gasteiger partial charge is 0.0953 e. The SMILES string of the molecule is CC(C)N(CCNC1(NCCN(C(C)C)C(C)C)CCCc2ccccc21)C(C)C. The van der Waals surface area contributed by atoms with Crippen molar-refractivity contribution in [3.05, 3.63) is 35.4 Å². The highest BCUT2D eigenvalue weighted by atomic mass is 15.3. The predicted molar refractivity (Wildman–Crippen MR) is 131 cm³/mol. The van der Waals surface area contributed by atoms with Crippen LogP contribution in [-0.4, -0.2) is 60.1 Å². The van der Waals surface area contributed by atoms with Gasteiger partial charge in [0.05, 0.1) is 5.66 Å². The Labute approximate surface area is 186 Å². The third kappa shape index (κ3) is 6.53. The molecule has 0 radical (unpaired) electrons. The van der Waals surface area contributed by atoms with Gasteiger partial charge in [-0.25, -0.2) is 0 Å². The van der Waals surface area contributed by atoms with Gasteiger partial charge in [-0.1, -0.05) is 24.3 Å². The molecule has 2 rings (SSSR count). The largest absolute Gasteiger partial charge is 0.297 e. The minimum absolute atomic E-state index is 0.117. The fraction of sp³-hybridized carbons (Fsp3) is 0.769. The lowest BCUT2D eigenvalue weighted by Gasteiger charge is -2.43. The van der Waals surface area contributed by atoms with Gasteiger partial charge in [0.1, 0.15) is 0 Å². The Morgan fingerprint density at radius 3 is 1.70 bits per heavy atom. The summed E-state index contributed by atoms with van der Waals surface area (Å²) in [5, 5.41) is 7.98. The van der Waals surface area contributed by atoms with Crippen LogP contribution in [0.4, 0.5) is 0 Å². The van der Waals surface area contributed by atoms with Crippen LogP contribution in [0.5, 0.6) is 0 Å². The Balaban J connectivity index is 2.14. The molecule has 0 heterocycles. The summed E-state index contributed by atoms with van der Waals surface area (Å²) in [6.45, 7) is 22.6. The molecular formula is C26H48N4. The summed E-state index contributed by atoms with van der Waals surface area (Å²) in [5.74, 6) is 0. The number of nitrogens with one attached hydrogen (secondary N) is 2. The fourth-order valence-electron chi connectivity index (χ4n) is 5.29. The molecule has 4 heteroatoms. The summed E-state index contributed by atoms with van der Waals surface area (Å²) >= 11 is 0. The minimum Gasteiger partial charge on any atom is -0.297 e. The van der Waals surface area contributed by atoms with Crippen LogP contribution in [0.3, 0.4) is 0 Å². The van der Waals surface area contributed by atoms with Gasteiger partial charge in [0, 0.05) is 50.3 Å². The van der Waals surface area contributed by atoms with Crippen molar-refractivity contribution >= 4 is 0 Å². The summed E-state index contributed by atoms with van der Waals surface area (Å²) in [6, 6.07) is 11.3. The van der Waals surface area contributed by atoms with Gasteiger partial charge in [-0.3, -0.25) is 20.4 Å². The third-order valence-electron chi connectivity index (χ3n) is 6.72. The van der Waals surface area contributed by atoms with Crippen LogP contribution in [-0.2, 0) is 12.1 Å². The van der Waals surface area contributed by atoms with Gasteiger partial charge >= 0.3 is 0 Å². The Hall–Kier alpha value is -0.940. The number of rotatable bonds is 12. The van der Waals surface area contributed by atoms with E-state index in [-0.39, 0.29) is 5.66 Å². The first-order valence-corrected chi connectivity index (χ1v) is 12.3. The number of fused-ring (bicyclic) bond motifs is 1. The van der Waals surface area contributed by atoms with Crippen molar-refractivity contribution in [3.8, 4) is 0 Å². The molecule has 1 aromatic carbocycles. The predicted octanol–water partition coefficient (Wildman–Crippen LogP) is 4.59. The molecule has 0 saturated carbocycles. The summed E-state index contributed by atoms with van der Waals surface area (Å²) in [4.78, 5) is 5.16. The molecule has 4 nitrogen and oxygen atoms in total. The van der Waals surface area contributed by atoms with Gasteiger partial charge in [0.15, 0.2) is 0 Å². The minimum atomic E-state index is -0.117. The average molecular weight is 417 g/mol. The van der Waals surface area contributed by atoms with Crippen LogP contribution in [0.25, 0.3) is 0 Å². The Morgan fingerprint density at radius 2 is 1.23 bits per heavy atom. The molecule has 0 saturated heterocycles. The Bertz CT molecular complexity index is 581. The third-order valence-corrected chi connectivity index (χ3v) is 6.72. The van der Waals surface area contributed by atoms with Crippen molar-refractivity contribution in [2.75, 3.05) is 26.2 Å². The molecule has 0 bridgehead atoms. The van der Waals surface area contributed by atoms with Crippen molar-refractivity contribution in [1.29, 1.82) is 0 Å². The number of aryl methyl sites for hydroxylation is 1. The first kappa shape index (κ1) is 25.3. The number of hydrogen-bond acceptors (Lipinski definition) is 4. The molecule has 1 aromatic rings. The topological polar surface area (TPSA) is 30.5 Å². The zero-order valence-corrected chi connectivity index (χ0v) is 21.0. The van der Waals surface area contributed by atoms with Crippen LogP contribution in [0.15, 0.2) is 24.3 Å². The van der Waals surface area contributed by atoms with Crippen molar-refractivity contribution in [2.45, 2.75) is 104 Å². The van der Waals surface area contributed by atoms with Crippen molar-refractivity contribution in [2.24, 2.45) is 0 Å². The van der Waals surface area contributed by atoms with Crippen LogP contribution in [0, 0.1) is 0 Å². The molecule has 0 atom stereocenters. The van der Waals surface area contributed by atoms with E-state index in [2.05, 4.69) is 100 Å². The zero-order chi connectivity index (χ0) is 22.3. The van der Waals surface area contributed by atoms with Crippen LogP contribution >= 0.6 is 0 Å². The summed E-state index contributed by atoms with van der Waals surface area (Å²) in [7, 11) is 0. The Morgan fingerprint density at radius 1 is 0.767 bits per heavy atom. The standard InChI is InChI=1S/C26H48N4/c1-20(2)29(21(3)4)18-16-27-26(28-17-19-30(22(5)6)23(7)8)15-11-13-24-12-9-10-14-25(24)26/h9-10,12,14,20-23,27-28H,11,13,15-19H2,1-8H3. The normalized spacial score (nSPS) is 16.5. The molecule has 0 amide bonds. The number of benzene rings is 1. The lowest BCUT2D eigenvalue weighted by Crippen LogP contribution is -2.59. The highest BCUT2D eigenvalue weighted by molar-refractivity contribution is 5.35.